The average Bonchev–Trinajstić information content (AvgIpc) is 3.09. The highest BCUT2D eigenvalue weighted by Crippen LogP contribution is 2.45. The topological polar surface area (TPSA) is 109 Å². The number of hydrogen-bond donors (Lipinski definition) is 3. The fourth-order valence-corrected chi connectivity index (χ4v) is 4.77. The number of halogens is 1. The third kappa shape index (κ3) is 2.97. The number of nitrogens with zero attached hydrogens (tertiary/aromatic N) is 3. The number of benzene rings is 1. The molecule has 4 unspecified atom stereocenters. The number of amides is 1. The molecule has 8 heteroatoms. The van der Waals surface area contributed by atoms with Gasteiger partial charge in [-0.05, 0) is 43.2 Å². The first-order chi connectivity index (χ1) is 13.5. The Bertz CT molecular complexity index is 949. The van der Waals surface area contributed by atoms with E-state index in [-0.39, 0.29) is 40.8 Å². The van der Waals surface area contributed by atoms with Gasteiger partial charge in [0.25, 0.3) is 0 Å². The summed E-state index contributed by atoms with van der Waals surface area (Å²) >= 11 is 0. The van der Waals surface area contributed by atoms with E-state index in [0.717, 1.165) is 24.8 Å². The molecule has 2 fully saturated rings. The molecule has 1 saturated heterocycles. The number of nitrogens with one attached hydrogen (secondary N) is 2. The number of hydrazine groups is 1. The number of fused-ring (bicyclic) bond motifs is 1. The van der Waals surface area contributed by atoms with Gasteiger partial charge in [0.05, 0.1) is 29.1 Å². The molecule has 4 atom stereocenters. The minimum absolute atomic E-state index is 0.00810. The van der Waals surface area contributed by atoms with Gasteiger partial charge in [-0.3, -0.25) is 14.9 Å². The van der Waals surface area contributed by atoms with Crippen LogP contribution >= 0.6 is 0 Å². The van der Waals surface area contributed by atoms with Crippen molar-refractivity contribution in [2.45, 2.75) is 31.2 Å². The van der Waals surface area contributed by atoms with E-state index >= 15 is 0 Å². The zero-order chi connectivity index (χ0) is 19.8. The molecule has 1 saturated carbocycles. The smallest absolute Gasteiger partial charge is 0.237 e. The molecule has 7 nitrogen and oxygen atoms in total. The third-order valence-corrected chi connectivity index (χ3v) is 6.17. The van der Waals surface area contributed by atoms with Crippen molar-refractivity contribution in [3.05, 3.63) is 41.3 Å². The number of aryl methyl sites for hydroxylation is 1. The summed E-state index contributed by atoms with van der Waals surface area (Å²) in [5.74, 6) is -0.245. The molecular formula is C20H23FN6O. The second-order valence-electron chi connectivity index (χ2n) is 7.60. The van der Waals surface area contributed by atoms with Gasteiger partial charge in [-0.25, -0.2) is 9.82 Å². The van der Waals surface area contributed by atoms with Crippen LogP contribution in [0.1, 0.15) is 36.3 Å². The van der Waals surface area contributed by atoms with Crippen molar-refractivity contribution < 1.29 is 9.18 Å². The summed E-state index contributed by atoms with van der Waals surface area (Å²) in [6, 6.07) is 6.62. The van der Waals surface area contributed by atoms with Crippen LogP contribution < -0.4 is 16.6 Å². The monoisotopic (exact) mass is 382 g/mol. The molecule has 0 spiro atoms. The van der Waals surface area contributed by atoms with Crippen molar-refractivity contribution in [2.75, 3.05) is 6.54 Å². The number of rotatable bonds is 3. The van der Waals surface area contributed by atoms with Gasteiger partial charge in [-0.1, -0.05) is 6.07 Å². The van der Waals surface area contributed by atoms with Crippen molar-refractivity contribution in [1.82, 2.24) is 20.6 Å². The van der Waals surface area contributed by atoms with Gasteiger partial charge in [0.2, 0.25) is 5.91 Å². The molecule has 2 heterocycles. The summed E-state index contributed by atoms with van der Waals surface area (Å²) in [6.07, 6.45) is 4.08. The first kappa shape index (κ1) is 18.6. The van der Waals surface area contributed by atoms with Crippen LogP contribution in [0.4, 0.5) is 4.39 Å². The fraction of sp³-hybridized carbons (Fsp3) is 0.450. The Morgan fingerprint density at radius 1 is 1.43 bits per heavy atom. The van der Waals surface area contributed by atoms with Gasteiger partial charge in [-0.2, -0.15) is 10.4 Å². The molecule has 1 aromatic heterocycles. The van der Waals surface area contributed by atoms with E-state index in [9.17, 15) is 14.4 Å². The first-order valence-electron chi connectivity index (χ1n) is 9.51. The Balaban J connectivity index is 1.73. The van der Waals surface area contributed by atoms with Crippen molar-refractivity contribution in [1.29, 1.82) is 5.26 Å². The van der Waals surface area contributed by atoms with E-state index in [1.807, 2.05) is 0 Å². The minimum Gasteiger partial charge on any atom is -0.329 e. The highest BCUT2D eigenvalue weighted by Gasteiger charge is 2.43. The second kappa shape index (κ2) is 7.34. The van der Waals surface area contributed by atoms with Crippen molar-refractivity contribution >= 4 is 5.91 Å². The molecule has 1 aliphatic heterocycles. The van der Waals surface area contributed by atoms with E-state index in [4.69, 9.17) is 5.73 Å². The molecule has 1 amide bonds. The molecule has 4 N–H and O–H groups in total. The minimum atomic E-state index is -0.434. The summed E-state index contributed by atoms with van der Waals surface area (Å²) in [6.45, 7) is 0.431. The molecule has 0 bridgehead atoms. The van der Waals surface area contributed by atoms with E-state index in [0.29, 0.717) is 12.2 Å². The quantitative estimate of drug-likeness (QED) is 0.746. The number of hydrogen-bond acceptors (Lipinski definition) is 5. The number of carbonyl (C=O) groups is 1. The van der Waals surface area contributed by atoms with Gasteiger partial charge in [0.15, 0.2) is 0 Å². The Morgan fingerprint density at radius 3 is 3.00 bits per heavy atom. The fourth-order valence-electron chi connectivity index (χ4n) is 4.77. The van der Waals surface area contributed by atoms with Crippen LogP contribution in [-0.2, 0) is 11.8 Å². The molecule has 1 aliphatic carbocycles. The summed E-state index contributed by atoms with van der Waals surface area (Å²) in [5.41, 5.74) is 13.8. The maximum absolute atomic E-state index is 14.7. The second-order valence-corrected chi connectivity index (χ2v) is 7.60. The van der Waals surface area contributed by atoms with Crippen LogP contribution in [-0.4, -0.2) is 28.3 Å². The lowest BCUT2D eigenvalue weighted by molar-refractivity contribution is -0.133. The van der Waals surface area contributed by atoms with Crippen LogP contribution in [0.3, 0.4) is 0 Å². The number of carbonyl (C=O) groups excluding carboxylic acids is 1. The molecule has 2 aliphatic rings. The van der Waals surface area contributed by atoms with Crippen molar-refractivity contribution in [3.63, 3.8) is 0 Å². The van der Waals surface area contributed by atoms with Crippen molar-refractivity contribution in [2.24, 2.45) is 24.6 Å². The van der Waals surface area contributed by atoms with Gasteiger partial charge >= 0.3 is 0 Å². The summed E-state index contributed by atoms with van der Waals surface area (Å²) in [7, 11) is 1.76. The van der Waals surface area contributed by atoms with E-state index in [1.54, 1.807) is 24.0 Å². The zero-order valence-electron chi connectivity index (χ0n) is 15.7. The van der Waals surface area contributed by atoms with Crippen LogP contribution in [0, 0.1) is 29.0 Å². The Hall–Kier alpha value is -2.76. The SMILES string of the molecule is Cn1ncc(C2CCC3C(=O)NNC(CN)C3C2)c1-c1c(F)cccc1C#N. The molecule has 28 heavy (non-hydrogen) atoms. The zero-order valence-corrected chi connectivity index (χ0v) is 15.7. The lowest BCUT2D eigenvalue weighted by Gasteiger charge is -2.43. The molecule has 4 rings (SSSR count). The Labute approximate surface area is 162 Å². The normalized spacial score (nSPS) is 27.0. The van der Waals surface area contributed by atoms with Gasteiger partial charge in [0.1, 0.15) is 5.82 Å². The standard InChI is InChI=1S/C20H23FN6O/c1-27-19(18-12(8-22)3-2-4-16(18)21)15(10-24-27)11-5-6-13-14(7-11)17(9-23)25-26-20(13)28/h2-4,10-11,13-14,17,25H,5-7,9,23H2,1H3,(H,26,28). The highest BCUT2D eigenvalue weighted by molar-refractivity contribution is 5.79. The maximum atomic E-state index is 14.7. The molecule has 2 aromatic rings. The molecule has 1 aromatic carbocycles. The molecule has 146 valence electrons. The maximum Gasteiger partial charge on any atom is 0.237 e. The van der Waals surface area contributed by atoms with E-state index in [1.165, 1.54) is 12.1 Å². The third-order valence-electron chi connectivity index (χ3n) is 6.17. The Kier molecular flexibility index (Phi) is 4.87. The largest absolute Gasteiger partial charge is 0.329 e. The molecule has 0 radical (unpaired) electrons. The number of aromatic nitrogens is 2. The molecular weight excluding hydrogens is 359 g/mol. The van der Waals surface area contributed by atoms with Gasteiger partial charge in [-0.15, -0.1) is 0 Å². The summed E-state index contributed by atoms with van der Waals surface area (Å²) in [4.78, 5) is 12.2. The van der Waals surface area contributed by atoms with E-state index in [2.05, 4.69) is 22.0 Å². The van der Waals surface area contributed by atoms with Crippen LogP contribution in [0.15, 0.2) is 24.4 Å². The predicted octanol–water partition coefficient (Wildman–Crippen LogP) is 1.56. The highest BCUT2D eigenvalue weighted by atomic mass is 19.1. The van der Waals surface area contributed by atoms with Crippen molar-refractivity contribution in [3.8, 4) is 17.3 Å². The van der Waals surface area contributed by atoms with Crippen LogP contribution in [0.25, 0.3) is 11.3 Å². The number of nitriles is 1. The van der Waals surface area contributed by atoms with Gasteiger partial charge < -0.3 is 5.73 Å². The lowest BCUT2D eigenvalue weighted by atomic mass is 9.68. The van der Waals surface area contributed by atoms with E-state index < -0.39 is 5.82 Å². The predicted molar refractivity (Wildman–Crippen MR) is 101 cm³/mol. The number of nitrogens with two attached hydrogens (primary N) is 1. The first-order valence-corrected chi connectivity index (χ1v) is 9.51. The van der Waals surface area contributed by atoms with Crippen LogP contribution in [0.2, 0.25) is 0 Å². The van der Waals surface area contributed by atoms with Crippen LogP contribution in [0.5, 0.6) is 0 Å². The lowest BCUT2D eigenvalue weighted by Crippen LogP contribution is -2.62. The summed E-state index contributed by atoms with van der Waals surface area (Å²) in [5, 5.41) is 13.8. The summed E-state index contributed by atoms with van der Waals surface area (Å²) < 4.78 is 16.3. The van der Waals surface area contributed by atoms with Gasteiger partial charge in [0, 0.05) is 31.1 Å². The average molecular weight is 382 g/mol. The Morgan fingerprint density at radius 2 is 2.25 bits per heavy atom.